The van der Waals surface area contributed by atoms with Crippen molar-refractivity contribution < 1.29 is 0 Å². The lowest BCUT2D eigenvalue weighted by Gasteiger charge is -2.16. The number of hydrogen-bond donors (Lipinski definition) is 2. The van der Waals surface area contributed by atoms with Crippen LogP contribution in [0.4, 0.5) is 5.95 Å². The summed E-state index contributed by atoms with van der Waals surface area (Å²) in [6, 6.07) is 2.29. The molecule has 0 bridgehead atoms. The molecule has 6 heteroatoms. The number of rotatable bonds is 2. The molecule has 1 fully saturated rings. The molecule has 3 heterocycles. The van der Waals surface area contributed by atoms with Gasteiger partial charge in [-0.3, -0.25) is 5.10 Å². The maximum Gasteiger partial charge on any atom is 0.245 e. The third-order valence-electron chi connectivity index (χ3n) is 4.08. The lowest BCUT2D eigenvalue weighted by atomic mass is 10.2. The number of hydrogen-bond acceptors (Lipinski definition) is 5. The highest BCUT2D eigenvalue weighted by atomic mass is 32.1. The Kier molecular flexibility index (Phi) is 3.20. The van der Waals surface area contributed by atoms with Crippen LogP contribution in [0, 0.1) is 0 Å². The minimum absolute atomic E-state index is 0.845. The summed E-state index contributed by atoms with van der Waals surface area (Å²) in [4.78, 5) is 9.74. The molecule has 0 unspecified atom stereocenters. The van der Waals surface area contributed by atoms with Crippen LogP contribution in [0.1, 0.15) is 23.3 Å². The van der Waals surface area contributed by atoms with Crippen LogP contribution in [0.5, 0.6) is 0 Å². The maximum absolute atomic E-state index is 4.70. The predicted molar refractivity (Wildman–Crippen MR) is 81.4 cm³/mol. The van der Waals surface area contributed by atoms with E-state index in [1.165, 1.54) is 34.6 Å². The van der Waals surface area contributed by atoms with Crippen LogP contribution >= 0.6 is 11.3 Å². The summed E-state index contributed by atoms with van der Waals surface area (Å²) in [6.45, 7) is 4.12. The highest BCUT2D eigenvalue weighted by Gasteiger charge is 2.19. The molecule has 1 aliphatic heterocycles. The molecule has 2 aromatic heterocycles. The van der Waals surface area contributed by atoms with E-state index in [4.69, 9.17) is 4.98 Å². The zero-order chi connectivity index (χ0) is 13.4. The second-order valence-corrected chi connectivity index (χ2v) is 6.62. The molecule has 1 saturated heterocycles. The van der Waals surface area contributed by atoms with Crippen LogP contribution in [0.15, 0.2) is 6.07 Å². The van der Waals surface area contributed by atoms with Crippen LogP contribution in [0.25, 0.3) is 10.7 Å². The molecule has 20 heavy (non-hydrogen) atoms. The monoisotopic (exact) mass is 289 g/mol. The minimum atomic E-state index is 0.845. The van der Waals surface area contributed by atoms with Gasteiger partial charge in [-0.2, -0.15) is 4.98 Å². The fourth-order valence-electron chi connectivity index (χ4n) is 3.00. The minimum Gasteiger partial charge on any atom is -0.338 e. The molecule has 0 atom stereocenters. The van der Waals surface area contributed by atoms with E-state index in [9.17, 15) is 0 Å². The summed E-state index contributed by atoms with van der Waals surface area (Å²) in [5.74, 6) is 1.77. The lowest BCUT2D eigenvalue weighted by Crippen LogP contribution is -2.28. The maximum atomic E-state index is 4.70. The molecule has 2 N–H and O–H groups in total. The normalized spacial score (nSPS) is 19.1. The van der Waals surface area contributed by atoms with E-state index in [1.54, 1.807) is 0 Å². The van der Waals surface area contributed by atoms with Crippen molar-refractivity contribution in [1.29, 1.82) is 0 Å². The first-order valence-electron chi connectivity index (χ1n) is 7.40. The van der Waals surface area contributed by atoms with E-state index in [0.717, 1.165) is 44.4 Å². The van der Waals surface area contributed by atoms with Crippen LogP contribution in [-0.4, -0.2) is 41.4 Å². The largest absolute Gasteiger partial charge is 0.338 e. The summed E-state index contributed by atoms with van der Waals surface area (Å²) < 4.78 is 0. The van der Waals surface area contributed by atoms with Crippen molar-refractivity contribution in [1.82, 2.24) is 20.5 Å². The van der Waals surface area contributed by atoms with E-state index >= 15 is 0 Å². The van der Waals surface area contributed by atoms with Gasteiger partial charge in [0, 0.05) is 24.5 Å². The van der Waals surface area contributed by atoms with Gasteiger partial charge < -0.3 is 10.2 Å². The summed E-state index contributed by atoms with van der Waals surface area (Å²) >= 11 is 1.87. The quantitative estimate of drug-likeness (QED) is 0.885. The predicted octanol–water partition coefficient (Wildman–Crippen LogP) is 1.82. The molecule has 0 aromatic carbocycles. The Morgan fingerprint density at radius 1 is 1.15 bits per heavy atom. The number of nitrogens with zero attached hydrogens (tertiary/aromatic N) is 3. The topological polar surface area (TPSA) is 56.8 Å². The van der Waals surface area contributed by atoms with Crippen LogP contribution in [0.2, 0.25) is 0 Å². The van der Waals surface area contributed by atoms with Crippen molar-refractivity contribution in [3.63, 3.8) is 0 Å². The van der Waals surface area contributed by atoms with Crippen LogP contribution in [0.3, 0.4) is 0 Å². The third kappa shape index (κ3) is 2.23. The van der Waals surface area contributed by atoms with Crippen LogP contribution in [-0.2, 0) is 12.8 Å². The molecular weight excluding hydrogens is 270 g/mol. The van der Waals surface area contributed by atoms with Gasteiger partial charge in [-0.05, 0) is 43.9 Å². The van der Waals surface area contributed by atoms with Gasteiger partial charge in [0.1, 0.15) is 0 Å². The SMILES string of the molecule is c1c(-c2nc(N3CCCNCC3)n[nH]2)sc2c1CCC2. The molecule has 5 nitrogen and oxygen atoms in total. The Hall–Kier alpha value is -1.40. The van der Waals surface area contributed by atoms with Gasteiger partial charge in [0.2, 0.25) is 5.95 Å². The number of H-pyrrole nitrogens is 1. The van der Waals surface area contributed by atoms with Crippen molar-refractivity contribution in [2.24, 2.45) is 0 Å². The zero-order valence-corrected chi connectivity index (χ0v) is 12.3. The lowest BCUT2D eigenvalue weighted by molar-refractivity contribution is 0.724. The van der Waals surface area contributed by atoms with Gasteiger partial charge in [0.15, 0.2) is 5.82 Å². The van der Waals surface area contributed by atoms with Gasteiger partial charge in [0.25, 0.3) is 0 Å². The Balaban J connectivity index is 1.57. The Morgan fingerprint density at radius 3 is 3.10 bits per heavy atom. The first kappa shape index (κ1) is 12.3. The molecule has 2 aliphatic rings. The third-order valence-corrected chi connectivity index (χ3v) is 5.32. The van der Waals surface area contributed by atoms with Crippen molar-refractivity contribution in [3.8, 4) is 10.7 Å². The summed E-state index contributed by atoms with van der Waals surface area (Å²) in [7, 11) is 0. The van der Waals surface area contributed by atoms with E-state index < -0.39 is 0 Å². The van der Waals surface area contributed by atoms with E-state index in [-0.39, 0.29) is 0 Å². The number of nitrogens with one attached hydrogen (secondary N) is 2. The number of thiophene rings is 1. The molecule has 1 aliphatic carbocycles. The van der Waals surface area contributed by atoms with Gasteiger partial charge in [-0.25, -0.2) is 0 Å². The summed E-state index contributed by atoms with van der Waals surface area (Å²) in [6.07, 6.45) is 4.92. The van der Waals surface area contributed by atoms with E-state index in [1.807, 2.05) is 11.3 Å². The van der Waals surface area contributed by atoms with E-state index in [0.29, 0.717) is 0 Å². The second kappa shape index (κ2) is 5.18. The number of anilines is 1. The highest BCUT2D eigenvalue weighted by Crippen LogP contribution is 2.35. The number of aromatic amines is 1. The second-order valence-electron chi connectivity index (χ2n) is 5.49. The number of fused-ring (bicyclic) bond motifs is 1. The molecule has 0 amide bonds. The van der Waals surface area contributed by atoms with Gasteiger partial charge in [-0.15, -0.1) is 16.4 Å². The Labute approximate surface area is 122 Å². The fraction of sp³-hybridized carbons (Fsp3) is 0.571. The summed E-state index contributed by atoms with van der Waals surface area (Å²) in [5.41, 5.74) is 1.52. The van der Waals surface area contributed by atoms with E-state index in [2.05, 4.69) is 26.5 Å². The smallest absolute Gasteiger partial charge is 0.245 e. The summed E-state index contributed by atoms with van der Waals surface area (Å²) in [5, 5.41) is 10.9. The van der Waals surface area contributed by atoms with Crippen LogP contribution < -0.4 is 10.2 Å². The van der Waals surface area contributed by atoms with Crippen molar-refractivity contribution in [2.45, 2.75) is 25.7 Å². The van der Waals surface area contributed by atoms with Gasteiger partial charge in [0.05, 0.1) is 4.88 Å². The first-order valence-corrected chi connectivity index (χ1v) is 8.22. The number of aromatic nitrogens is 3. The molecule has 0 saturated carbocycles. The fourth-order valence-corrected chi connectivity index (χ4v) is 4.19. The molecule has 4 rings (SSSR count). The first-order chi connectivity index (χ1) is 9.90. The standard InChI is InChI=1S/C14H19N5S/c1-3-10-9-12(20-11(10)4-1)13-16-14(18-17-13)19-7-2-5-15-6-8-19/h9,15H,1-8H2,(H,16,17,18). The van der Waals surface area contributed by atoms with Crippen molar-refractivity contribution in [2.75, 3.05) is 31.1 Å². The molecule has 106 valence electrons. The average Bonchev–Trinajstić information content (AvgIpc) is 3.10. The van der Waals surface area contributed by atoms with Crippen molar-refractivity contribution >= 4 is 17.3 Å². The average molecular weight is 289 g/mol. The Bertz CT molecular complexity index is 573. The highest BCUT2D eigenvalue weighted by molar-refractivity contribution is 7.15. The Morgan fingerprint density at radius 2 is 2.15 bits per heavy atom. The molecule has 0 radical (unpaired) electrons. The zero-order valence-electron chi connectivity index (χ0n) is 11.5. The molecule has 0 spiro atoms. The number of aryl methyl sites for hydroxylation is 2. The van der Waals surface area contributed by atoms with Gasteiger partial charge in [-0.1, -0.05) is 0 Å². The molecular formula is C14H19N5S. The van der Waals surface area contributed by atoms with Gasteiger partial charge >= 0.3 is 0 Å². The van der Waals surface area contributed by atoms with Crippen molar-refractivity contribution in [3.05, 3.63) is 16.5 Å². The molecule has 2 aromatic rings.